The number of thiazole rings is 1. The number of nitro benzene ring substituents is 2. The van der Waals surface area contributed by atoms with Crippen molar-refractivity contribution in [3.05, 3.63) is 98.1 Å². The molecule has 1 heterocycles. The average molecular weight is 478 g/mol. The molecule has 0 aliphatic heterocycles. The fraction of sp³-hybridized carbons (Fsp3) is 0.130. The van der Waals surface area contributed by atoms with Gasteiger partial charge in [-0.05, 0) is 24.6 Å². The van der Waals surface area contributed by atoms with Gasteiger partial charge >= 0.3 is 0 Å². The molecule has 0 saturated carbocycles. The minimum atomic E-state index is -0.766. The van der Waals surface area contributed by atoms with Crippen molar-refractivity contribution in [2.75, 3.05) is 11.5 Å². The van der Waals surface area contributed by atoms with Gasteiger partial charge in [-0.1, -0.05) is 47.7 Å². The largest absolute Gasteiger partial charge is 0.492 e. The second kappa shape index (κ2) is 9.63. The molecule has 4 aromatic rings. The van der Waals surface area contributed by atoms with Gasteiger partial charge in [-0.15, -0.1) is 0 Å². The van der Waals surface area contributed by atoms with E-state index in [-0.39, 0.29) is 12.1 Å². The van der Waals surface area contributed by atoms with E-state index in [1.165, 1.54) is 16.2 Å². The Balaban J connectivity index is 1.84. The van der Waals surface area contributed by atoms with Crippen molar-refractivity contribution in [1.82, 2.24) is 4.98 Å². The molecule has 0 N–H and O–H groups in total. The topological polar surface area (TPSA) is 129 Å². The predicted molar refractivity (Wildman–Crippen MR) is 127 cm³/mol. The molecular weight excluding hydrogens is 460 g/mol. The third kappa shape index (κ3) is 4.69. The molecule has 0 aliphatic carbocycles. The third-order valence-corrected chi connectivity index (χ3v) is 5.94. The van der Waals surface area contributed by atoms with Crippen LogP contribution in [0, 0.1) is 20.2 Å². The molecule has 0 fully saturated rings. The van der Waals surface area contributed by atoms with Gasteiger partial charge in [-0.2, -0.15) is 0 Å². The second-order valence-corrected chi connectivity index (χ2v) is 8.17. The van der Waals surface area contributed by atoms with Crippen molar-refractivity contribution in [2.24, 2.45) is 0 Å². The highest BCUT2D eigenvalue weighted by Gasteiger charge is 2.27. The summed E-state index contributed by atoms with van der Waals surface area (Å²) in [5, 5.41) is 23.0. The van der Waals surface area contributed by atoms with E-state index in [0.717, 1.165) is 28.5 Å². The zero-order chi connectivity index (χ0) is 24.2. The van der Waals surface area contributed by atoms with Crippen LogP contribution >= 0.6 is 11.3 Å². The van der Waals surface area contributed by atoms with Crippen LogP contribution in [0.1, 0.15) is 22.8 Å². The maximum Gasteiger partial charge on any atom is 0.277 e. The number of nitrogens with zero attached hydrogens (tertiary/aromatic N) is 4. The lowest BCUT2D eigenvalue weighted by Crippen LogP contribution is -2.30. The van der Waals surface area contributed by atoms with Gasteiger partial charge in [0.25, 0.3) is 17.3 Å². The molecule has 0 aliphatic rings. The Morgan fingerprint density at radius 3 is 2.29 bits per heavy atom. The standard InChI is InChI=1S/C23H18N4O6S/c1-2-33-19-9-6-10-20-21(19)24-23(34-20)25(14-15-7-4-3-5-8-15)22(28)16-11-17(26(29)30)13-18(12-16)27(31)32/h3-13H,2,14H2,1H3. The molecule has 34 heavy (non-hydrogen) atoms. The Bertz CT molecular complexity index is 1360. The normalized spacial score (nSPS) is 10.7. The summed E-state index contributed by atoms with van der Waals surface area (Å²) in [6.07, 6.45) is 0. The van der Waals surface area contributed by atoms with Crippen LogP contribution in [0.4, 0.5) is 16.5 Å². The lowest BCUT2D eigenvalue weighted by atomic mass is 10.1. The minimum absolute atomic E-state index is 0.111. The minimum Gasteiger partial charge on any atom is -0.492 e. The first-order valence-electron chi connectivity index (χ1n) is 10.2. The number of nitro groups is 2. The van der Waals surface area contributed by atoms with Gasteiger partial charge in [0.05, 0.1) is 39.3 Å². The Hall–Kier alpha value is -4.38. The van der Waals surface area contributed by atoms with Gasteiger partial charge in [-0.3, -0.25) is 29.9 Å². The van der Waals surface area contributed by atoms with E-state index in [9.17, 15) is 25.0 Å². The molecule has 0 atom stereocenters. The van der Waals surface area contributed by atoms with Crippen LogP contribution in [0.3, 0.4) is 0 Å². The van der Waals surface area contributed by atoms with Gasteiger partial charge < -0.3 is 4.74 Å². The fourth-order valence-corrected chi connectivity index (χ4v) is 4.36. The molecule has 0 radical (unpaired) electrons. The van der Waals surface area contributed by atoms with Crippen LogP contribution in [0.15, 0.2) is 66.7 Å². The summed E-state index contributed by atoms with van der Waals surface area (Å²) in [6, 6.07) is 17.5. The Kier molecular flexibility index (Phi) is 6.46. The van der Waals surface area contributed by atoms with Crippen molar-refractivity contribution < 1.29 is 19.4 Å². The Labute approximate surface area is 197 Å². The summed E-state index contributed by atoms with van der Waals surface area (Å²) < 4.78 is 6.44. The maximum atomic E-state index is 13.6. The molecule has 3 aromatic carbocycles. The fourth-order valence-electron chi connectivity index (χ4n) is 3.38. The van der Waals surface area contributed by atoms with Gasteiger partial charge in [0.2, 0.25) is 0 Å². The molecular formula is C23H18N4O6S. The van der Waals surface area contributed by atoms with Gasteiger partial charge in [0, 0.05) is 12.1 Å². The quantitative estimate of drug-likeness (QED) is 0.246. The lowest BCUT2D eigenvalue weighted by molar-refractivity contribution is -0.394. The molecule has 0 saturated heterocycles. The first-order valence-corrected chi connectivity index (χ1v) is 11.0. The zero-order valence-electron chi connectivity index (χ0n) is 17.9. The van der Waals surface area contributed by atoms with Crippen LogP contribution in [-0.4, -0.2) is 27.3 Å². The number of rotatable bonds is 8. The smallest absolute Gasteiger partial charge is 0.277 e. The number of para-hydroxylation sites is 1. The highest BCUT2D eigenvalue weighted by atomic mass is 32.1. The number of ether oxygens (including phenoxy) is 1. The molecule has 0 bridgehead atoms. The number of aromatic nitrogens is 1. The highest BCUT2D eigenvalue weighted by molar-refractivity contribution is 7.22. The number of benzene rings is 3. The summed E-state index contributed by atoms with van der Waals surface area (Å²) in [7, 11) is 0. The summed E-state index contributed by atoms with van der Waals surface area (Å²) in [5.74, 6) is -0.0757. The average Bonchev–Trinajstić information content (AvgIpc) is 3.27. The molecule has 172 valence electrons. The van der Waals surface area contributed by atoms with Gasteiger partial charge in [0.15, 0.2) is 5.13 Å². The third-order valence-electron chi connectivity index (χ3n) is 4.90. The van der Waals surface area contributed by atoms with E-state index in [4.69, 9.17) is 4.74 Å². The van der Waals surface area contributed by atoms with Crippen LogP contribution in [-0.2, 0) is 6.54 Å². The van der Waals surface area contributed by atoms with Crippen molar-refractivity contribution in [2.45, 2.75) is 13.5 Å². The molecule has 0 spiro atoms. The van der Waals surface area contributed by atoms with Crippen LogP contribution in [0.5, 0.6) is 5.75 Å². The summed E-state index contributed by atoms with van der Waals surface area (Å²) in [5.41, 5.74) is 0.113. The van der Waals surface area contributed by atoms with E-state index in [2.05, 4.69) is 4.98 Å². The number of amides is 1. The number of carbonyl (C=O) groups is 1. The number of carbonyl (C=O) groups excluding carboxylic acids is 1. The van der Waals surface area contributed by atoms with Crippen molar-refractivity contribution in [3.8, 4) is 5.75 Å². The monoisotopic (exact) mass is 478 g/mol. The number of hydrogen-bond acceptors (Lipinski definition) is 8. The SMILES string of the molecule is CCOc1cccc2sc(N(Cc3ccccc3)C(=O)c3cc([N+](=O)[O-])cc([N+](=O)[O-])c3)nc12. The van der Waals surface area contributed by atoms with E-state index in [1.54, 1.807) is 6.07 Å². The summed E-state index contributed by atoms with van der Waals surface area (Å²) in [4.78, 5) is 40.7. The zero-order valence-corrected chi connectivity index (χ0v) is 18.7. The molecule has 1 aromatic heterocycles. The molecule has 4 rings (SSSR count). The van der Waals surface area contributed by atoms with Crippen molar-refractivity contribution in [1.29, 1.82) is 0 Å². The van der Waals surface area contributed by atoms with E-state index in [0.29, 0.717) is 23.0 Å². The number of fused-ring (bicyclic) bond motifs is 1. The number of hydrogen-bond donors (Lipinski definition) is 0. The Morgan fingerprint density at radius 1 is 1.00 bits per heavy atom. The van der Waals surface area contributed by atoms with Crippen LogP contribution in [0.2, 0.25) is 0 Å². The first kappa shape index (κ1) is 22.8. The van der Waals surface area contributed by atoms with Crippen LogP contribution in [0.25, 0.3) is 10.2 Å². The van der Waals surface area contributed by atoms with Gasteiger partial charge in [-0.25, -0.2) is 4.98 Å². The summed E-state index contributed by atoms with van der Waals surface area (Å²) >= 11 is 1.25. The summed E-state index contributed by atoms with van der Waals surface area (Å²) in [6.45, 7) is 2.41. The van der Waals surface area contributed by atoms with Crippen LogP contribution < -0.4 is 9.64 Å². The lowest BCUT2D eigenvalue weighted by Gasteiger charge is -2.20. The molecule has 11 heteroatoms. The van der Waals surface area contributed by atoms with Crippen molar-refractivity contribution in [3.63, 3.8) is 0 Å². The maximum absolute atomic E-state index is 13.6. The molecule has 1 amide bonds. The number of non-ortho nitro benzene ring substituents is 2. The second-order valence-electron chi connectivity index (χ2n) is 7.16. The Morgan fingerprint density at radius 2 is 1.68 bits per heavy atom. The van der Waals surface area contributed by atoms with Gasteiger partial charge in [0.1, 0.15) is 11.3 Å². The molecule has 10 nitrogen and oxygen atoms in total. The van der Waals surface area contributed by atoms with E-state index in [1.807, 2.05) is 49.4 Å². The van der Waals surface area contributed by atoms with E-state index >= 15 is 0 Å². The number of anilines is 1. The van der Waals surface area contributed by atoms with Crippen molar-refractivity contribution >= 4 is 44.0 Å². The van der Waals surface area contributed by atoms with E-state index < -0.39 is 27.1 Å². The molecule has 0 unspecified atom stereocenters. The predicted octanol–water partition coefficient (Wildman–Crippen LogP) is 5.36. The highest BCUT2D eigenvalue weighted by Crippen LogP contribution is 2.36. The first-order chi connectivity index (χ1) is 16.4.